The van der Waals surface area contributed by atoms with Crippen molar-refractivity contribution < 1.29 is 0 Å². The number of nitrogens with two attached hydrogens (primary N) is 2. The highest BCUT2D eigenvalue weighted by molar-refractivity contribution is 6.08. The molecule has 5 N–H and O–H groups in total. The summed E-state index contributed by atoms with van der Waals surface area (Å²) in [6, 6.07) is 18.2. The second-order valence-corrected chi connectivity index (χ2v) is 7.12. The summed E-state index contributed by atoms with van der Waals surface area (Å²) in [7, 11) is 0. The molecule has 30 heavy (non-hydrogen) atoms. The van der Waals surface area contributed by atoms with Crippen LogP contribution in [0.25, 0.3) is 5.57 Å². The Balaban J connectivity index is 0.000000222. The molecule has 1 heterocycles. The van der Waals surface area contributed by atoms with E-state index in [1.807, 2.05) is 42.6 Å². The van der Waals surface area contributed by atoms with Crippen LogP contribution in [-0.4, -0.2) is 12.3 Å². The number of fused-ring (bicyclic) bond motifs is 1. The molecule has 2 aromatic carbocycles. The van der Waals surface area contributed by atoms with E-state index < -0.39 is 0 Å². The van der Waals surface area contributed by atoms with Crippen molar-refractivity contribution in [3.05, 3.63) is 108 Å². The lowest BCUT2D eigenvalue weighted by atomic mass is 10.0. The third kappa shape index (κ3) is 6.52. The normalized spacial score (nSPS) is 12.9. The number of para-hydroxylation sites is 1. The Bertz CT molecular complexity index is 966. The van der Waals surface area contributed by atoms with Crippen molar-refractivity contribution in [1.29, 1.82) is 0 Å². The van der Waals surface area contributed by atoms with Gasteiger partial charge in [0.2, 0.25) is 0 Å². The Morgan fingerprint density at radius 1 is 1.10 bits per heavy atom. The first-order valence-corrected chi connectivity index (χ1v) is 10.1. The molecule has 0 fully saturated rings. The fourth-order valence-electron chi connectivity index (χ4n) is 3.03. The van der Waals surface area contributed by atoms with Gasteiger partial charge < -0.3 is 16.8 Å². The van der Waals surface area contributed by atoms with Crippen LogP contribution in [0.1, 0.15) is 31.4 Å². The summed E-state index contributed by atoms with van der Waals surface area (Å²) in [6.45, 7) is 12.9. The minimum Gasteiger partial charge on any atom is -0.404 e. The molecule has 0 saturated carbocycles. The maximum absolute atomic E-state index is 5.52. The van der Waals surface area contributed by atoms with Crippen LogP contribution in [-0.2, 0) is 6.42 Å². The molecule has 2 aromatic rings. The first kappa shape index (κ1) is 22.8. The third-order valence-corrected chi connectivity index (χ3v) is 4.72. The molecule has 0 aromatic heterocycles. The molecule has 0 amide bonds. The smallest absolute Gasteiger partial charge is 0.0669 e. The monoisotopic (exact) mass is 400 g/mol. The number of rotatable bonds is 7. The molecule has 0 unspecified atom stereocenters. The van der Waals surface area contributed by atoms with E-state index in [0.29, 0.717) is 12.1 Å². The summed E-state index contributed by atoms with van der Waals surface area (Å²) < 4.78 is 0. The standard InChI is InChI=1S/C15H18N2.C11H14N2/c1-4-16-10-11(2)12(3)15-9-13-7-5-6-8-14(13)17-15;1-9(13)7-11(8-12)10-5-3-2-4-6-10/h5-8,10,16H,3-4,9H2,1-2H3;2-6,8H,1,7,12-13H2/b11-10-;11-8-. The van der Waals surface area contributed by atoms with E-state index in [-0.39, 0.29) is 0 Å². The quantitative estimate of drug-likeness (QED) is 0.557. The second-order valence-electron chi connectivity index (χ2n) is 7.12. The van der Waals surface area contributed by atoms with Crippen LogP contribution < -0.4 is 16.8 Å². The summed E-state index contributed by atoms with van der Waals surface area (Å²) in [5, 5.41) is 3.20. The fraction of sp³-hybridized carbons (Fsp3) is 0.192. The van der Waals surface area contributed by atoms with Crippen molar-refractivity contribution in [3.63, 3.8) is 0 Å². The predicted octanol–water partition coefficient (Wildman–Crippen LogP) is 5.23. The lowest BCUT2D eigenvalue weighted by Gasteiger charge is -2.06. The summed E-state index contributed by atoms with van der Waals surface area (Å²) in [5.41, 5.74) is 19.4. The van der Waals surface area contributed by atoms with Crippen molar-refractivity contribution in [2.45, 2.75) is 26.7 Å². The van der Waals surface area contributed by atoms with E-state index in [0.717, 1.165) is 46.6 Å². The minimum atomic E-state index is 0.626. The van der Waals surface area contributed by atoms with Crippen molar-refractivity contribution in [1.82, 2.24) is 5.32 Å². The number of nitrogens with one attached hydrogen (secondary N) is 1. The molecule has 0 saturated heterocycles. The van der Waals surface area contributed by atoms with Gasteiger partial charge in [0.1, 0.15) is 0 Å². The van der Waals surface area contributed by atoms with Gasteiger partial charge in [-0.15, -0.1) is 0 Å². The maximum atomic E-state index is 5.52. The Kier molecular flexibility index (Phi) is 8.70. The summed E-state index contributed by atoms with van der Waals surface area (Å²) in [6.07, 6.45) is 5.11. The SMILES string of the molecule is C=C(C1=Nc2ccccc2C1)/C(C)=C\NCC.C=C(N)C/C(=C/N)c1ccccc1. The lowest BCUT2D eigenvalue weighted by molar-refractivity contribution is 0.910. The van der Waals surface area contributed by atoms with Crippen LogP contribution in [0.4, 0.5) is 5.69 Å². The highest BCUT2D eigenvalue weighted by Gasteiger charge is 2.16. The lowest BCUT2D eigenvalue weighted by Crippen LogP contribution is -2.08. The molecule has 0 radical (unpaired) electrons. The van der Waals surface area contributed by atoms with Gasteiger partial charge in [0, 0.05) is 31.3 Å². The van der Waals surface area contributed by atoms with Crippen LogP contribution in [0.15, 0.2) is 102 Å². The van der Waals surface area contributed by atoms with E-state index >= 15 is 0 Å². The van der Waals surface area contributed by atoms with Crippen LogP contribution in [0.2, 0.25) is 0 Å². The topological polar surface area (TPSA) is 76.4 Å². The average Bonchev–Trinajstić information content (AvgIpc) is 3.20. The third-order valence-electron chi connectivity index (χ3n) is 4.72. The molecule has 0 spiro atoms. The van der Waals surface area contributed by atoms with E-state index in [2.05, 4.69) is 55.5 Å². The van der Waals surface area contributed by atoms with Gasteiger partial charge in [-0.25, -0.2) is 0 Å². The Hall–Kier alpha value is -3.53. The van der Waals surface area contributed by atoms with E-state index in [1.54, 1.807) is 6.20 Å². The molecular weight excluding hydrogens is 368 g/mol. The minimum absolute atomic E-state index is 0.626. The first-order chi connectivity index (χ1) is 14.5. The number of hydrogen-bond acceptors (Lipinski definition) is 4. The highest BCUT2D eigenvalue weighted by Crippen LogP contribution is 2.29. The first-order valence-electron chi connectivity index (χ1n) is 10.1. The molecular formula is C26H32N4. The molecule has 0 atom stereocenters. The number of aliphatic imine (C=N–C) groups is 1. The van der Waals surface area contributed by atoms with Crippen molar-refractivity contribution in [3.8, 4) is 0 Å². The molecule has 3 rings (SSSR count). The van der Waals surface area contributed by atoms with Crippen molar-refractivity contribution in [2.75, 3.05) is 6.54 Å². The molecule has 1 aliphatic rings. The van der Waals surface area contributed by atoms with Gasteiger partial charge in [-0.2, -0.15) is 0 Å². The molecule has 4 nitrogen and oxygen atoms in total. The molecule has 156 valence electrons. The van der Waals surface area contributed by atoms with Gasteiger partial charge in [-0.1, -0.05) is 61.7 Å². The summed E-state index contributed by atoms with van der Waals surface area (Å²) in [4.78, 5) is 4.63. The highest BCUT2D eigenvalue weighted by atomic mass is 14.8. The maximum Gasteiger partial charge on any atom is 0.0669 e. The zero-order valence-corrected chi connectivity index (χ0v) is 18.0. The average molecular weight is 401 g/mol. The zero-order valence-electron chi connectivity index (χ0n) is 18.0. The second kappa shape index (κ2) is 11.5. The number of hydrogen-bond donors (Lipinski definition) is 3. The van der Waals surface area contributed by atoms with Crippen LogP contribution in [0.5, 0.6) is 0 Å². The molecule has 1 aliphatic heterocycles. The fourth-order valence-corrected chi connectivity index (χ4v) is 3.03. The zero-order chi connectivity index (χ0) is 21.9. The van der Waals surface area contributed by atoms with Crippen LogP contribution in [0, 0.1) is 0 Å². The number of nitrogens with zero attached hydrogens (tertiary/aromatic N) is 1. The Morgan fingerprint density at radius 3 is 2.37 bits per heavy atom. The molecule has 4 heteroatoms. The van der Waals surface area contributed by atoms with E-state index in [9.17, 15) is 0 Å². The Morgan fingerprint density at radius 2 is 1.77 bits per heavy atom. The van der Waals surface area contributed by atoms with Gasteiger partial charge in [0.05, 0.1) is 11.4 Å². The van der Waals surface area contributed by atoms with Crippen LogP contribution in [0.3, 0.4) is 0 Å². The van der Waals surface area contributed by atoms with Gasteiger partial charge in [-0.3, -0.25) is 4.99 Å². The summed E-state index contributed by atoms with van der Waals surface area (Å²) >= 11 is 0. The van der Waals surface area contributed by atoms with E-state index in [1.165, 1.54) is 5.56 Å². The predicted molar refractivity (Wildman–Crippen MR) is 130 cm³/mol. The number of benzene rings is 2. The van der Waals surface area contributed by atoms with Crippen molar-refractivity contribution >= 4 is 17.0 Å². The van der Waals surface area contributed by atoms with Gasteiger partial charge in [0.15, 0.2) is 0 Å². The van der Waals surface area contributed by atoms with Gasteiger partial charge >= 0.3 is 0 Å². The van der Waals surface area contributed by atoms with Crippen LogP contribution >= 0.6 is 0 Å². The molecule has 0 bridgehead atoms. The number of allylic oxidation sites excluding steroid dienone is 3. The van der Waals surface area contributed by atoms with Gasteiger partial charge in [0.25, 0.3) is 0 Å². The summed E-state index contributed by atoms with van der Waals surface area (Å²) in [5.74, 6) is 0. The van der Waals surface area contributed by atoms with E-state index in [4.69, 9.17) is 11.5 Å². The molecule has 0 aliphatic carbocycles. The largest absolute Gasteiger partial charge is 0.404 e. The Labute approximate surface area is 180 Å². The van der Waals surface area contributed by atoms with Gasteiger partial charge in [-0.05, 0) is 54.0 Å². The van der Waals surface area contributed by atoms with Crippen molar-refractivity contribution in [2.24, 2.45) is 16.5 Å².